The average molecular weight is 336 g/mol. The van der Waals surface area contributed by atoms with Gasteiger partial charge in [-0.3, -0.25) is 9.88 Å². The molecule has 0 unspecified atom stereocenters. The summed E-state index contributed by atoms with van der Waals surface area (Å²) in [5.74, 6) is 0. The maximum atomic E-state index is 12.8. The predicted molar refractivity (Wildman–Crippen MR) is 84.4 cm³/mol. The predicted octanol–water partition coefficient (Wildman–Crippen LogP) is 3.54. The van der Waals surface area contributed by atoms with Gasteiger partial charge in [-0.1, -0.05) is 18.2 Å². The summed E-state index contributed by atoms with van der Waals surface area (Å²) in [7, 11) is 0. The number of nitrogens with zero attached hydrogens (tertiary/aromatic N) is 2. The van der Waals surface area contributed by atoms with Crippen LogP contribution in [0.25, 0.3) is 0 Å². The standard InChI is InChI=1S/C18H19F3N2O/c19-18(20,21)16-3-1-2-15(10-16)11-17-13-23(8-9-24-17)12-14-4-6-22-7-5-14/h1-7,10,17H,8-9,11-13H2/t17-/m1/s1. The molecule has 1 aliphatic rings. The normalized spacial score (nSPS) is 19.4. The van der Waals surface area contributed by atoms with Crippen molar-refractivity contribution in [3.63, 3.8) is 0 Å². The monoisotopic (exact) mass is 336 g/mol. The molecule has 0 amide bonds. The lowest BCUT2D eigenvalue weighted by Gasteiger charge is -2.33. The van der Waals surface area contributed by atoms with E-state index in [-0.39, 0.29) is 6.10 Å². The van der Waals surface area contributed by atoms with Crippen molar-refractivity contribution in [3.8, 4) is 0 Å². The molecule has 2 aromatic rings. The third-order valence-electron chi connectivity index (χ3n) is 4.10. The van der Waals surface area contributed by atoms with Gasteiger partial charge in [0.2, 0.25) is 0 Å². The summed E-state index contributed by atoms with van der Waals surface area (Å²) in [6.45, 7) is 2.92. The van der Waals surface area contributed by atoms with E-state index >= 15 is 0 Å². The smallest absolute Gasteiger partial charge is 0.375 e. The van der Waals surface area contributed by atoms with Crippen molar-refractivity contribution < 1.29 is 17.9 Å². The Bertz CT molecular complexity index is 661. The van der Waals surface area contributed by atoms with Gasteiger partial charge in [-0.05, 0) is 35.7 Å². The molecule has 24 heavy (non-hydrogen) atoms. The number of hydrogen-bond acceptors (Lipinski definition) is 3. The molecule has 0 N–H and O–H groups in total. The van der Waals surface area contributed by atoms with E-state index in [0.717, 1.165) is 19.2 Å². The number of alkyl halides is 3. The highest BCUT2D eigenvalue weighted by molar-refractivity contribution is 5.26. The SMILES string of the molecule is FC(F)(F)c1cccc(C[C@@H]2CN(Cc3ccncc3)CCO2)c1. The van der Waals surface area contributed by atoms with E-state index in [9.17, 15) is 13.2 Å². The van der Waals surface area contributed by atoms with Crippen LogP contribution in [0, 0.1) is 0 Å². The van der Waals surface area contributed by atoms with E-state index in [2.05, 4.69) is 9.88 Å². The van der Waals surface area contributed by atoms with Crippen LogP contribution in [0.2, 0.25) is 0 Å². The molecule has 0 spiro atoms. The van der Waals surface area contributed by atoms with E-state index in [1.165, 1.54) is 17.7 Å². The van der Waals surface area contributed by atoms with E-state index in [1.807, 2.05) is 12.1 Å². The Morgan fingerprint density at radius 3 is 2.67 bits per heavy atom. The van der Waals surface area contributed by atoms with Crippen LogP contribution >= 0.6 is 0 Å². The topological polar surface area (TPSA) is 25.4 Å². The number of hydrogen-bond donors (Lipinski definition) is 0. The van der Waals surface area contributed by atoms with Gasteiger partial charge in [0, 0.05) is 32.0 Å². The molecule has 0 saturated carbocycles. The van der Waals surface area contributed by atoms with Crippen LogP contribution in [0.4, 0.5) is 13.2 Å². The molecule has 2 heterocycles. The van der Waals surface area contributed by atoms with Crippen LogP contribution in [0.1, 0.15) is 16.7 Å². The lowest BCUT2D eigenvalue weighted by atomic mass is 10.0. The maximum Gasteiger partial charge on any atom is 0.416 e. The summed E-state index contributed by atoms with van der Waals surface area (Å²) in [4.78, 5) is 6.26. The van der Waals surface area contributed by atoms with Crippen molar-refractivity contribution in [2.45, 2.75) is 25.2 Å². The number of aromatic nitrogens is 1. The largest absolute Gasteiger partial charge is 0.416 e. The lowest BCUT2D eigenvalue weighted by Crippen LogP contribution is -2.42. The zero-order valence-corrected chi connectivity index (χ0v) is 13.2. The first-order valence-electron chi connectivity index (χ1n) is 7.90. The molecule has 3 nitrogen and oxygen atoms in total. The van der Waals surface area contributed by atoms with Gasteiger partial charge in [-0.2, -0.15) is 13.2 Å². The molecule has 1 saturated heterocycles. The van der Waals surface area contributed by atoms with Gasteiger partial charge in [0.1, 0.15) is 0 Å². The molecule has 0 aliphatic carbocycles. The number of morpholine rings is 1. The third kappa shape index (κ3) is 4.55. The minimum Gasteiger partial charge on any atom is -0.375 e. The molecule has 6 heteroatoms. The molecule has 3 rings (SSSR count). The van der Waals surface area contributed by atoms with Gasteiger partial charge < -0.3 is 4.74 Å². The molecule has 128 valence electrons. The first-order chi connectivity index (χ1) is 11.5. The molecule has 1 aromatic heterocycles. The summed E-state index contributed by atoms with van der Waals surface area (Å²) in [5.41, 5.74) is 1.22. The molecular weight excluding hydrogens is 317 g/mol. The Morgan fingerprint density at radius 2 is 1.92 bits per heavy atom. The van der Waals surface area contributed by atoms with Crippen LogP contribution in [-0.2, 0) is 23.9 Å². The summed E-state index contributed by atoms with van der Waals surface area (Å²) in [6.07, 6.45) is -0.400. The second-order valence-corrected chi connectivity index (χ2v) is 5.99. The fraction of sp³-hybridized carbons (Fsp3) is 0.389. The highest BCUT2D eigenvalue weighted by Crippen LogP contribution is 2.30. The summed E-state index contributed by atoms with van der Waals surface area (Å²) >= 11 is 0. The Hall–Kier alpha value is -1.92. The zero-order valence-electron chi connectivity index (χ0n) is 13.2. The Kier molecular flexibility index (Phi) is 5.16. The Labute approximate surface area is 139 Å². The van der Waals surface area contributed by atoms with E-state index < -0.39 is 11.7 Å². The zero-order chi connectivity index (χ0) is 17.0. The maximum absolute atomic E-state index is 12.8. The molecule has 0 bridgehead atoms. The molecule has 1 atom stereocenters. The molecule has 1 fully saturated rings. The van der Waals surface area contributed by atoms with Gasteiger partial charge in [0.05, 0.1) is 18.3 Å². The number of benzene rings is 1. The van der Waals surface area contributed by atoms with E-state index in [4.69, 9.17) is 4.74 Å². The fourth-order valence-corrected chi connectivity index (χ4v) is 2.93. The number of pyridine rings is 1. The van der Waals surface area contributed by atoms with Crippen molar-refractivity contribution in [2.24, 2.45) is 0 Å². The summed E-state index contributed by atoms with van der Waals surface area (Å²) in [6, 6.07) is 9.43. The van der Waals surface area contributed by atoms with Crippen LogP contribution in [0.5, 0.6) is 0 Å². The highest BCUT2D eigenvalue weighted by Gasteiger charge is 2.30. The van der Waals surface area contributed by atoms with Crippen molar-refractivity contribution >= 4 is 0 Å². The van der Waals surface area contributed by atoms with Gasteiger partial charge in [-0.25, -0.2) is 0 Å². The minimum absolute atomic E-state index is 0.0935. The Morgan fingerprint density at radius 1 is 1.12 bits per heavy atom. The highest BCUT2D eigenvalue weighted by atomic mass is 19.4. The molecule has 1 aliphatic heterocycles. The van der Waals surface area contributed by atoms with Crippen LogP contribution in [-0.4, -0.2) is 35.7 Å². The number of halogens is 3. The van der Waals surface area contributed by atoms with Gasteiger partial charge in [0.25, 0.3) is 0 Å². The first-order valence-corrected chi connectivity index (χ1v) is 7.90. The third-order valence-corrected chi connectivity index (χ3v) is 4.10. The van der Waals surface area contributed by atoms with Gasteiger partial charge in [-0.15, -0.1) is 0 Å². The number of rotatable bonds is 4. The van der Waals surface area contributed by atoms with Crippen LogP contribution in [0.15, 0.2) is 48.8 Å². The molecule has 0 radical (unpaired) electrons. The van der Waals surface area contributed by atoms with E-state index in [1.54, 1.807) is 18.5 Å². The fourth-order valence-electron chi connectivity index (χ4n) is 2.93. The van der Waals surface area contributed by atoms with Crippen molar-refractivity contribution in [1.82, 2.24) is 9.88 Å². The Balaban J connectivity index is 1.61. The summed E-state index contributed by atoms with van der Waals surface area (Å²) < 4.78 is 44.2. The van der Waals surface area contributed by atoms with E-state index in [0.29, 0.717) is 25.1 Å². The van der Waals surface area contributed by atoms with Crippen molar-refractivity contribution in [3.05, 3.63) is 65.5 Å². The average Bonchev–Trinajstić information content (AvgIpc) is 2.56. The van der Waals surface area contributed by atoms with Gasteiger partial charge >= 0.3 is 6.18 Å². The van der Waals surface area contributed by atoms with Crippen molar-refractivity contribution in [1.29, 1.82) is 0 Å². The lowest BCUT2D eigenvalue weighted by molar-refractivity contribution is -0.137. The van der Waals surface area contributed by atoms with Crippen LogP contribution < -0.4 is 0 Å². The second kappa shape index (κ2) is 7.32. The molecular formula is C18H19F3N2O. The second-order valence-electron chi connectivity index (χ2n) is 5.99. The van der Waals surface area contributed by atoms with Gasteiger partial charge in [0.15, 0.2) is 0 Å². The van der Waals surface area contributed by atoms with Crippen molar-refractivity contribution in [2.75, 3.05) is 19.7 Å². The summed E-state index contributed by atoms with van der Waals surface area (Å²) in [5, 5.41) is 0. The minimum atomic E-state index is -4.31. The van der Waals surface area contributed by atoms with Crippen LogP contribution in [0.3, 0.4) is 0 Å². The quantitative estimate of drug-likeness (QED) is 0.854. The number of ether oxygens (including phenoxy) is 1. The molecule has 1 aromatic carbocycles. The first kappa shape index (κ1) is 16.9.